The Morgan fingerprint density at radius 1 is 1.00 bits per heavy atom. The van der Waals surface area contributed by atoms with Crippen LogP contribution in [-0.4, -0.2) is 20.5 Å². The van der Waals surface area contributed by atoms with Gasteiger partial charge < -0.3 is 14.1 Å². The summed E-state index contributed by atoms with van der Waals surface area (Å²) in [6.07, 6.45) is 1.83. The van der Waals surface area contributed by atoms with Gasteiger partial charge in [-0.1, -0.05) is 23.4 Å². The number of nitrogens with zero attached hydrogens (tertiary/aromatic N) is 3. The number of ether oxygens (including phenoxy) is 1. The van der Waals surface area contributed by atoms with Gasteiger partial charge in [0.2, 0.25) is 0 Å². The number of benzene rings is 3. The Bertz CT molecular complexity index is 1740. The van der Waals surface area contributed by atoms with Crippen LogP contribution in [0.2, 0.25) is 0 Å². The largest absolute Gasteiger partial charge is 0.366 e. The van der Waals surface area contributed by atoms with Crippen molar-refractivity contribution in [2.45, 2.75) is 52.2 Å². The van der Waals surface area contributed by atoms with E-state index in [2.05, 4.69) is 5.16 Å². The van der Waals surface area contributed by atoms with Crippen LogP contribution in [0.1, 0.15) is 56.4 Å². The monoisotopic (exact) mass is 557 g/mol. The number of aryl methyl sites for hydroxylation is 1. The lowest BCUT2D eigenvalue weighted by atomic mass is 10.1. The minimum absolute atomic E-state index is 0.109. The van der Waals surface area contributed by atoms with E-state index in [1.807, 2.05) is 6.92 Å². The molecule has 0 aliphatic heterocycles. The number of ketones is 1. The van der Waals surface area contributed by atoms with E-state index in [1.54, 1.807) is 55.5 Å². The molecule has 5 rings (SSSR count). The number of carbonyl (C=O) groups is 1. The second kappa shape index (κ2) is 12.3. The maximum Gasteiger partial charge on any atom is 0.265 e. The van der Waals surface area contributed by atoms with Crippen molar-refractivity contribution >= 4 is 16.7 Å². The number of aromatic nitrogens is 3. The van der Waals surface area contributed by atoms with Crippen molar-refractivity contribution in [2.24, 2.45) is 0 Å². The number of fused-ring (bicyclic) bond motifs is 1. The third-order valence-corrected chi connectivity index (χ3v) is 6.82. The summed E-state index contributed by atoms with van der Waals surface area (Å²) in [5.41, 5.74) is 2.71. The Kier molecular flexibility index (Phi) is 8.45. The first-order valence-electron chi connectivity index (χ1n) is 13.4. The van der Waals surface area contributed by atoms with Gasteiger partial charge >= 0.3 is 0 Å². The molecule has 9 heteroatoms. The Morgan fingerprint density at radius 3 is 2.56 bits per heavy atom. The predicted octanol–water partition coefficient (Wildman–Crippen LogP) is 6.90. The molecule has 0 saturated carbocycles. The Balaban J connectivity index is 1.43. The number of hydrogen-bond acceptors (Lipinski definition) is 6. The number of rotatable bonds is 11. The standard InChI is InChI=1S/C32H29F2N3O4/c1-20(38)6-3-4-9-31-35-29-17-23(10-15-27(29)32(39)37(31)26-13-11-24(33)12-14-26)28-18-30(41-36-28)21(2)40-19-22-7-5-8-25(34)16-22/h5,7-8,10-18,21H,3-4,6,9,19H2,1-2H3/t21-/m1/s1. The highest BCUT2D eigenvalue weighted by atomic mass is 19.1. The Morgan fingerprint density at radius 2 is 1.80 bits per heavy atom. The van der Waals surface area contributed by atoms with Gasteiger partial charge in [-0.15, -0.1) is 0 Å². The predicted molar refractivity (Wildman–Crippen MR) is 151 cm³/mol. The molecule has 0 bridgehead atoms. The molecule has 0 saturated heterocycles. The van der Waals surface area contributed by atoms with Crippen LogP contribution < -0.4 is 5.56 Å². The molecule has 0 N–H and O–H groups in total. The number of carbonyl (C=O) groups excluding carboxylic acids is 1. The molecule has 0 fully saturated rings. The zero-order valence-electron chi connectivity index (χ0n) is 22.8. The highest BCUT2D eigenvalue weighted by Gasteiger charge is 2.17. The summed E-state index contributed by atoms with van der Waals surface area (Å²) in [7, 11) is 0. The minimum Gasteiger partial charge on any atom is -0.366 e. The first-order chi connectivity index (χ1) is 19.8. The first kappa shape index (κ1) is 28.0. The van der Waals surface area contributed by atoms with Crippen molar-refractivity contribution < 1.29 is 22.8 Å². The minimum atomic E-state index is -0.428. The van der Waals surface area contributed by atoms with Gasteiger partial charge in [0.15, 0.2) is 5.76 Å². The van der Waals surface area contributed by atoms with E-state index in [0.29, 0.717) is 70.7 Å². The normalized spacial score (nSPS) is 12.1. The molecule has 0 aliphatic rings. The summed E-state index contributed by atoms with van der Waals surface area (Å²) in [6.45, 7) is 3.59. The number of hydrogen-bond donors (Lipinski definition) is 0. The molecule has 41 heavy (non-hydrogen) atoms. The van der Waals surface area contributed by atoms with Gasteiger partial charge in [-0.3, -0.25) is 9.36 Å². The van der Waals surface area contributed by atoms with Crippen LogP contribution >= 0.6 is 0 Å². The van der Waals surface area contributed by atoms with Gasteiger partial charge in [0.25, 0.3) is 5.56 Å². The molecule has 210 valence electrons. The molecular weight excluding hydrogens is 528 g/mol. The third kappa shape index (κ3) is 6.63. The van der Waals surface area contributed by atoms with Crippen LogP contribution in [0.3, 0.4) is 0 Å². The highest BCUT2D eigenvalue weighted by molar-refractivity contribution is 5.83. The molecule has 0 aliphatic carbocycles. The SMILES string of the molecule is CC(=O)CCCCc1nc2cc(-c3cc([C@@H](C)OCc4cccc(F)c4)on3)ccc2c(=O)n1-c1ccc(F)cc1. The quantitative estimate of drug-likeness (QED) is 0.164. The lowest BCUT2D eigenvalue weighted by molar-refractivity contribution is -0.117. The van der Waals surface area contributed by atoms with Crippen LogP contribution in [0, 0.1) is 11.6 Å². The maximum atomic E-state index is 13.6. The lowest BCUT2D eigenvalue weighted by Gasteiger charge is -2.14. The van der Waals surface area contributed by atoms with E-state index in [4.69, 9.17) is 14.2 Å². The van der Waals surface area contributed by atoms with Crippen LogP contribution in [0.5, 0.6) is 0 Å². The molecule has 0 radical (unpaired) electrons. The van der Waals surface area contributed by atoms with Crippen molar-refractivity contribution in [3.63, 3.8) is 0 Å². The second-order valence-corrected chi connectivity index (χ2v) is 9.98. The molecule has 0 amide bonds. The molecule has 2 heterocycles. The zero-order valence-corrected chi connectivity index (χ0v) is 22.8. The van der Waals surface area contributed by atoms with Crippen LogP contribution in [-0.2, 0) is 22.6 Å². The molecule has 7 nitrogen and oxygen atoms in total. The van der Waals surface area contributed by atoms with E-state index in [1.165, 1.54) is 28.8 Å². The summed E-state index contributed by atoms with van der Waals surface area (Å²) < 4.78 is 39.9. The van der Waals surface area contributed by atoms with Gasteiger partial charge in [0.05, 0.1) is 23.2 Å². The van der Waals surface area contributed by atoms with Crippen molar-refractivity contribution in [3.05, 3.63) is 112 Å². The maximum absolute atomic E-state index is 13.6. The van der Waals surface area contributed by atoms with E-state index < -0.39 is 11.9 Å². The van der Waals surface area contributed by atoms with Crippen molar-refractivity contribution in [1.82, 2.24) is 14.7 Å². The van der Waals surface area contributed by atoms with Gasteiger partial charge in [-0.05, 0) is 80.8 Å². The zero-order chi connectivity index (χ0) is 28.9. The van der Waals surface area contributed by atoms with Crippen molar-refractivity contribution in [3.8, 4) is 16.9 Å². The highest BCUT2D eigenvalue weighted by Crippen LogP contribution is 2.27. The van der Waals surface area contributed by atoms with Crippen LogP contribution in [0.25, 0.3) is 27.8 Å². The molecular formula is C32H29F2N3O4. The third-order valence-electron chi connectivity index (χ3n) is 6.82. The summed E-state index contributed by atoms with van der Waals surface area (Å²) in [5.74, 6) is 0.410. The average Bonchev–Trinajstić information content (AvgIpc) is 3.45. The number of halogens is 2. The molecule has 3 aromatic carbocycles. The molecule has 1 atom stereocenters. The lowest BCUT2D eigenvalue weighted by Crippen LogP contribution is -2.24. The number of Topliss-reactive ketones (excluding diaryl/α,β-unsaturated/α-hetero) is 1. The van der Waals surface area contributed by atoms with Gasteiger partial charge in [0, 0.05) is 24.5 Å². The number of unbranched alkanes of at least 4 members (excludes halogenated alkanes) is 1. The second-order valence-electron chi connectivity index (χ2n) is 9.98. The van der Waals surface area contributed by atoms with E-state index >= 15 is 0 Å². The smallest absolute Gasteiger partial charge is 0.265 e. The Hall–Kier alpha value is -4.50. The Labute approximate surface area is 235 Å². The van der Waals surface area contributed by atoms with E-state index in [-0.39, 0.29) is 23.8 Å². The topological polar surface area (TPSA) is 87.2 Å². The van der Waals surface area contributed by atoms with Crippen LogP contribution in [0.4, 0.5) is 8.78 Å². The van der Waals surface area contributed by atoms with Gasteiger partial charge in [0.1, 0.15) is 35.0 Å². The first-order valence-corrected chi connectivity index (χ1v) is 13.4. The van der Waals surface area contributed by atoms with E-state index in [9.17, 15) is 18.4 Å². The fourth-order valence-corrected chi connectivity index (χ4v) is 4.62. The summed E-state index contributed by atoms with van der Waals surface area (Å²) >= 11 is 0. The van der Waals surface area contributed by atoms with Crippen LogP contribution in [0.15, 0.2) is 82.1 Å². The summed E-state index contributed by atoms with van der Waals surface area (Å²) in [4.78, 5) is 29.8. The van der Waals surface area contributed by atoms with Gasteiger partial charge in [-0.25, -0.2) is 13.8 Å². The van der Waals surface area contributed by atoms with Crippen molar-refractivity contribution in [2.75, 3.05) is 0 Å². The fourth-order valence-electron chi connectivity index (χ4n) is 4.62. The summed E-state index contributed by atoms with van der Waals surface area (Å²) in [5, 5.41) is 4.59. The van der Waals surface area contributed by atoms with Gasteiger partial charge in [-0.2, -0.15) is 0 Å². The molecule has 2 aromatic heterocycles. The van der Waals surface area contributed by atoms with Crippen molar-refractivity contribution in [1.29, 1.82) is 0 Å². The molecule has 0 unspecified atom stereocenters. The molecule has 5 aromatic rings. The fraction of sp³-hybridized carbons (Fsp3) is 0.250. The van der Waals surface area contributed by atoms with E-state index in [0.717, 1.165) is 0 Å². The average molecular weight is 558 g/mol. The summed E-state index contributed by atoms with van der Waals surface area (Å²) in [6, 6.07) is 18.9. The molecule has 0 spiro atoms.